The first-order valence-corrected chi connectivity index (χ1v) is 7.99. The number of carbonyl (C=O) groups is 2. The van der Waals surface area contributed by atoms with Gasteiger partial charge in [-0.3, -0.25) is 20.4 Å². The molecule has 0 atom stereocenters. The van der Waals surface area contributed by atoms with E-state index in [0.717, 1.165) is 16.5 Å². The van der Waals surface area contributed by atoms with Gasteiger partial charge in [-0.25, -0.2) is 0 Å². The molecule has 1 aromatic heterocycles. The van der Waals surface area contributed by atoms with Gasteiger partial charge < -0.3 is 9.72 Å². The molecule has 3 N–H and O–H groups in total. The second-order valence-corrected chi connectivity index (χ2v) is 5.64. The van der Waals surface area contributed by atoms with E-state index in [-0.39, 0.29) is 0 Å². The van der Waals surface area contributed by atoms with Gasteiger partial charge in [0.2, 0.25) is 0 Å². The highest BCUT2D eigenvalue weighted by atomic mass is 16.5. The van der Waals surface area contributed by atoms with Crippen LogP contribution in [0, 0.1) is 6.92 Å². The predicted octanol–water partition coefficient (Wildman–Crippen LogP) is 2.95. The molecule has 0 unspecified atom stereocenters. The van der Waals surface area contributed by atoms with Crippen LogP contribution >= 0.6 is 0 Å². The van der Waals surface area contributed by atoms with E-state index in [1.54, 1.807) is 30.3 Å². The van der Waals surface area contributed by atoms with E-state index in [1.807, 2.05) is 32.0 Å². The van der Waals surface area contributed by atoms with Crippen LogP contribution in [0.25, 0.3) is 10.9 Å². The highest BCUT2D eigenvalue weighted by Gasteiger charge is 2.11. The topological polar surface area (TPSA) is 83.2 Å². The Kier molecular flexibility index (Phi) is 4.70. The van der Waals surface area contributed by atoms with E-state index in [9.17, 15) is 9.59 Å². The number of nitrogens with one attached hydrogen (secondary N) is 3. The lowest BCUT2D eigenvalue weighted by molar-refractivity contribution is 0.0844. The summed E-state index contributed by atoms with van der Waals surface area (Å²) in [5.74, 6) is -0.118. The minimum absolute atomic E-state index is 0.382. The van der Waals surface area contributed by atoms with Crippen molar-refractivity contribution in [2.45, 2.75) is 13.8 Å². The van der Waals surface area contributed by atoms with Gasteiger partial charge >= 0.3 is 0 Å². The molecule has 1 heterocycles. The zero-order valence-electron chi connectivity index (χ0n) is 14.1. The molecule has 6 heteroatoms. The van der Waals surface area contributed by atoms with Gasteiger partial charge in [-0.05, 0) is 55.8 Å². The average Bonchev–Trinajstić information content (AvgIpc) is 3.03. The SMILES string of the molecule is CCOc1ccc(C(=O)NNC(=O)c2cc3ccc(C)cc3[nH]2)cc1. The van der Waals surface area contributed by atoms with Gasteiger partial charge in [-0.15, -0.1) is 0 Å². The van der Waals surface area contributed by atoms with Gasteiger partial charge in [-0.1, -0.05) is 12.1 Å². The second kappa shape index (κ2) is 7.09. The van der Waals surface area contributed by atoms with Crippen LogP contribution in [-0.4, -0.2) is 23.4 Å². The van der Waals surface area contributed by atoms with Crippen LogP contribution in [0.15, 0.2) is 48.5 Å². The van der Waals surface area contributed by atoms with Crippen molar-refractivity contribution in [1.29, 1.82) is 0 Å². The third kappa shape index (κ3) is 3.80. The normalized spacial score (nSPS) is 10.5. The maximum absolute atomic E-state index is 12.2. The number of hydrogen-bond acceptors (Lipinski definition) is 3. The van der Waals surface area contributed by atoms with E-state index in [1.165, 1.54) is 0 Å². The van der Waals surface area contributed by atoms with Crippen LogP contribution in [0.2, 0.25) is 0 Å². The Balaban J connectivity index is 1.63. The monoisotopic (exact) mass is 337 g/mol. The Morgan fingerprint density at radius 3 is 2.44 bits per heavy atom. The van der Waals surface area contributed by atoms with Gasteiger partial charge in [-0.2, -0.15) is 0 Å². The molecule has 0 bridgehead atoms. The molecule has 2 aromatic carbocycles. The molecule has 3 aromatic rings. The molecule has 25 heavy (non-hydrogen) atoms. The summed E-state index contributed by atoms with van der Waals surface area (Å²) in [6.07, 6.45) is 0. The quantitative estimate of drug-likeness (QED) is 0.640. The summed E-state index contributed by atoms with van der Waals surface area (Å²) in [7, 11) is 0. The van der Waals surface area contributed by atoms with Crippen LogP contribution in [0.4, 0.5) is 0 Å². The second-order valence-electron chi connectivity index (χ2n) is 5.64. The number of aromatic nitrogens is 1. The zero-order valence-corrected chi connectivity index (χ0v) is 14.1. The van der Waals surface area contributed by atoms with Crippen molar-refractivity contribution in [2.75, 3.05) is 6.61 Å². The molecule has 3 rings (SSSR count). The van der Waals surface area contributed by atoms with Crippen molar-refractivity contribution >= 4 is 22.7 Å². The molecular formula is C19H19N3O3. The molecule has 0 aliphatic heterocycles. The fourth-order valence-electron chi connectivity index (χ4n) is 2.49. The molecule has 0 radical (unpaired) electrons. The van der Waals surface area contributed by atoms with Crippen molar-refractivity contribution < 1.29 is 14.3 Å². The van der Waals surface area contributed by atoms with Crippen molar-refractivity contribution in [1.82, 2.24) is 15.8 Å². The van der Waals surface area contributed by atoms with Crippen molar-refractivity contribution in [3.05, 3.63) is 65.4 Å². The van der Waals surface area contributed by atoms with E-state index in [4.69, 9.17) is 4.74 Å². The van der Waals surface area contributed by atoms with Crippen LogP contribution in [-0.2, 0) is 0 Å². The predicted molar refractivity (Wildman–Crippen MR) is 95.6 cm³/mol. The van der Waals surface area contributed by atoms with E-state index < -0.39 is 11.8 Å². The Morgan fingerprint density at radius 1 is 1.00 bits per heavy atom. The summed E-state index contributed by atoms with van der Waals surface area (Å²) >= 11 is 0. The summed E-state index contributed by atoms with van der Waals surface area (Å²) in [5, 5.41) is 0.939. The number of amides is 2. The molecule has 128 valence electrons. The fraction of sp³-hybridized carbons (Fsp3) is 0.158. The number of hydrazine groups is 1. The van der Waals surface area contributed by atoms with E-state index >= 15 is 0 Å². The number of hydrogen-bond donors (Lipinski definition) is 3. The van der Waals surface area contributed by atoms with Gasteiger partial charge in [0.1, 0.15) is 11.4 Å². The van der Waals surface area contributed by atoms with Crippen molar-refractivity contribution in [3.63, 3.8) is 0 Å². The maximum Gasteiger partial charge on any atom is 0.286 e. The number of aromatic amines is 1. The first-order valence-electron chi connectivity index (χ1n) is 7.99. The van der Waals surface area contributed by atoms with Crippen molar-refractivity contribution in [3.8, 4) is 5.75 Å². The van der Waals surface area contributed by atoms with Gasteiger partial charge in [0.15, 0.2) is 0 Å². The molecule has 0 fully saturated rings. The lowest BCUT2D eigenvalue weighted by Crippen LogP contribution is -2.41. The number of aryl methyl sites for hydroxylation is 1. The molecule has 0 aliphatic carbocycles. The summed E-state index contributed by atoms with van der Waals surface area (Å²) in [6, 6.07) is 14.3. The molecule has 0 saturated heterocycles. The lowest BCUT2D eigenvalue weighted by Gasteiger charge is -2.07. The standard InChI is InChI=1S/C19H19N3O3/c1-3-25-15-8-6-13(7-9-15)18(23)21-22-19(24)17-11-14-5-4-12(2)10-16(14)20-17/h4-11,20H,3H2,1-2H3,(H,21,23)(H,22,24). The highest BCUT2D eigenvalue weighted by Crippen LogP contribution is 2.16. The number of benzene rings is 2. The highest BCUT2D eigenvalue weighted by molar-refractivity contribution is 6.00. The minimum atomic E-state index is -0.409. The summed E-state index contributed by atoms with van der Waals surface area (Å²) in [5.41, 5.74) is 7.61. The molecular weight excluding hydrogens is 318 g/mol. The summed E-state index contributed by atoms with van der Waals surface area (Å²) in [4.78, 5) is 27.3. The number of H-pyrrole nitrogens is 1. The summed E-state index contributed by atoms with van der Waals surface area (Å²) in [6.45, 7) is 4.43. The molecule has 0 saturated carbocycles. The number of rotatable bonds is 4. The fourth-order valence-corrected chi connectivity index (χ4v) is 2.49. The molecule has 2 amide bonds. The van der Waals surface area contributed by atoms with Crippen LogP contribution in [0.1, 0.15) is 33.3 Å². The number of carbonyl (C=O) groups excluding carboxylic acids is 2. The lowest BCUT2D eigenvalue weighted by atomic mass is 10.2. The Hall–Kier alpha value is -3.28. The molecule has 0 aliphatic rings. The largest absolute Gasteiger partial charge is 0.494 e. The third-order valence-electron chi connectivity index (χ3n) is 3.74. The Morgan fingerprint density at radius 2 is 1.72 bits per heavy atom. The Labute approximate surface area is 145 Å². The molecule has 6 nitrogen and oxygen atoms in total. The number of ether oxygens (including phenoxy) is 1. The van der Waals surface area contributed by atoms with Crippen LogP contribution in [0.5, 0.6) is 5.75 Å². The number of fused-ring (bicyclic) bond motifs is 1. The average molecular weight is 337 g/mol. The molecule has 0 spiro atoms. The van der Waals surface area contributed by atoms with Crippen LogP contribution in [0.3, 0.4) is 0 Å². The first-order chi connectivity index (χ1) is 12.1. The van der Waals surface area contributed by atoms with Gasteiger partial charge in [0.05, 0.1) is 6.61 Å². The van der Waals surface area contributed by atoms with Crippen LogP contribution < -0.4 is 15.6 Å². The van der Waals surface area contributed by atoms with Crippen molar-refractivity contribution in [2.24, 2.45) is 0 Å². The minimum Gasteiger partial charge on any atom is -0.494 e. The Bertz CT molecular complexity index is 913. The van der Waals surface area contributed by atoms with Gasteiger partial charge in [0, 0.05) is 16.5 Å². The maximum atomic E-state index is 12.2. The smallest absolute Gasteiger partial charge is 0.286 e. The summed E-state index contributed by atoms with van der Waals surface area (Å²) < 4.78 is 5.33. The first kappa shape index (κ1) is 16.6. The third-order valence-corrected chi connectivity index (χ3v) is 3.74. The van der Waals surface area contributed by atoms with E-state index in [0.29, 0.717) is 23.6 Å². The van der Waals surface area contributed by atoms with Gasteiger partial charge in [0.25, 0.3) is 11.8 Å². The zero-order chi connectivity index (χ0) is 17.8. The van der Waals surface area contributed by atoms with E-state index in [2.05, 4.69) is 15.8 Å².